The first-order valence-corrected chi connectivity index (χ1v) is 7.93. The van der Waals surface area contributed by atoms with Gasteiger partial charge in [0.1, 0.15) is 0 Å². The van der Waals surface area contributed by atoms with Crippen molar-refractivity contribution in [2.45, 2.75) is 38.5 Å². The van der Waals surface area contributed by atoms with Gasteiger partial charge in [-0.2, -0.15) is 0 Å². The molecule has 0 radical (unpaired) electrons. The van der Waals surface area contributed by atoms with Crippen LogP contribution in [0.15, 0.2) is 14.3 Å². The van der Waals surface area contributed by atoms with Gasteiger partial charge in [0.05, 0.1) is 15.9 Å². The molecule has 6 heteroatoms. The third kappa shape index (κ3) is 4.96. The second-order valence-corrected chi connectivity index (χ2v) is 7.47. The van der Waals surface area contributed by atoms with Crippen molar-refractivity contribution in [1.82, 2.24) is 5.32 Å². The normalized spacial score (nSPS) is 16.8. The number of hydrogen-bond acceptors (Lipinski definition) is 4. The van der Waals surface area contributed by atoms with E-state index in [1.165, 1.54) is 4.88 Å². The first-order chi connectivity index (χ1) is 7.93. The first-order valence-electron chi connectivity index (χ1n) is 5.53. The van der Waals surface area contributed by atoms with Crippen LogP contribution >= 0.6 is 43.2 Å². The lowest BCUT2D eigenvalue weighted by molar-refractivity contribution is 0.168. The molecule has 3 unspecified atom stereocenters. The Morgan fingerprint density at radius 2 is 2.12 bits per heavy atom. The summed E-state index contributed by atoms with van der Waals surface area (Å²) in [5.74, 6) is 0. The minimum absolute atomic E-state index is 0.136. The number of nitrogens with two attached hydrogens (primary N) is 1. The highest BCUT2D eigenvalue weighted by molar-refractivity contribution is 9.13. The molecule has 1 aromatic heterocycles. The maximum Gasteiger partial charge on any atom is 0.0843 e. The smallest absolute Gasteiger partial charge is 0.0843 e. The molecule has 0 aliphatic carbocycles. The fourth-order valence-corrected chi connectivity index (χ4v) is 3.89. The lowest BCUT2D eigenvalue weighted by Gasteiger charge is -2.22. The van der Waals surface area contributed by atoms with Crippen molar-refractivity contribution >= 4 is 43.2 Å². The lowest BCUT2D eigenvalue weighted by atomic mass is 10.1. The molecule has 3 nitrogen and oxygen atoms in total. The Kier molecular flexibility index (Phi) is 6.61. The molecule has 4 N–H and O–H groups in total. The van der Waals surface area contributed by atoms with E-state index in [9.17, 15) is 5.11 Å². The standard InChI is InChI=1S/C11H18Br2N2OS/c1-6(3-7(2)16)15-9(5-14)10-4-8(12)11(13)17-10/h4,6-7,9,15-16H,3,5,14H2,1-2H3. The summed E-state index contributed by atoms with van der Waals surface area (Å²) >= 11 is 8.63. The number of hydrogen-bond donors (Lipinski definition) is 3. The van der Waals surface area contributed by atoms with E-state index in [0.29, 0.717) is 6.54 Å². The van der Waals surface area contributed by atoms with Crippen molar-refractivity contribution < 1.29 is 5.11 Å². The van der Waals surface area contributed by atoms with Crippen molar-refractivity contribution in [1.29, 1.82) is 0 Å². The molecule has 0 aromatic carbocycles. The quantitative estimate of drug-likeness (QED) is 0.705. The van der Waals surface area contributed by atoms with Gasteiger partial charge >= 0.3 is 0 Å². The predicted octanol–water partition coefficient (Wildman–Crippen LogP) is 3.02. The van der Waals surface area contributed by atoms with Crippen LogP contribution in [0.2, 0.25) is 0 Å². The molecule has 0 bridgehead atoms. The molecule has 0 fully saturated rings. The van der Waals surface area contributed by atoms with Crippen molar-refractivity contribution in [3.63, 3.8) is 0 Å². The van der Waals surface area contributed by atoms with Gasteiger partial charge in [-0.15, -0.1) is 11.3 Å². The molecule has 0 spiro atoms. The predicted molar refractivity (Wildman–Crippen MR) is 80.4 cm³/mol. The van der Waals surface area contributed by atoms with Gasteiger partial charge in [0.15, 0.2) is 0 Å². The van der Waals surface area contributed by atoms with Crippen LogP contribution in [0.25, 0.3) is 0 Å². The highest BCUT2D eigenvalue weighted by Crippen LogP contribution is 2.35. The Hall–Kier alpha value is 0.540. The number of thiophene rings is 1. The van der Waals surface area contributed by atoms with Gasteiger partial charge in [-0.1, -0.05) is 0 Å². The summed E-state index contributed by atoms with van der Waals surface area (Å²) < 4.78 is 2.14. The van der Waals surface area contributed by atoms with E-state index in [1.807, 2.05) is 0 Å². The summed E-state index contributed by atoms with van der Waals surface area (Å²) in [4.78, 5) is 1.20. The van der Waals surface area contributed by atoms with E-state index in [4.69, 9.17) is 5.73 Å². The first kappa shape index (κ1) is 15.6. The molecule has 0 saturated carbocycles. The molecule has 98 valence electrons. The van der Waals surface area contributed by atoms with Crippen LogP contribution in [0.5, 0.6) is 0 Å². The second-order valence-electron chi connectivity index (χ2n) is 4.21. The highest BCUT2D eigenvalue weighted by atomic mass is 79.9. The zero-order chi connectivity index (χ0) is 13.0. The van der Waals surface area contributed by atoms with Crippen molar-refractivity contribution in [3.05, 3.63) is 19.2 Å². The Labute approximate surface area is 123 Å². The van der Waals surface area contributed by atoms with E-state index in [1.54, 1.807) is 18.3 Å². The van der Waals surface area contributed by atoms with Crippen LogP contribution in [0.4, 0.5) is 0 Å². The molecule has 17 heavy (non-hydrogen) atoms. The number of rotatable bonds is 6. The number of nitrogens with one attached hydrogen (secondary N) is 1. The number of aliphatic hydroxyl groups is 1. The van der Waals surface area contributed by atoms with Gasteiger partial charge in [-0.05, 0) is 58.2 Å². The van der Waals surface area contributed by atoms with E-state index in [-0.39, 0.29) is 18.2 Å². The average Bonchev–Trinajstić information content (AvgIpc) is 2.54. The zero-order valence-corrected chi connectivity index (χ0v) is 13.9. The SMILES string of the molecule is CC(O)CC(C)NC(CN)c1cc(Br)c(Br)s1. The topological polar surface area (TPSA) is 58.3 Å². The van der Waals surface area contributed by atoms with E-state index in [0.717, 1.165) is 14.7 Å². The van der Waals surface area contributed by atoms with Gasteiger partial charge in [0, 0.05) is 21.9 Å². The zero-order valence-electron chi connectivity index (χ0n) is 9.91. The van der Waals surface area contributed by atoms with Gasteiger partial charge in [-0.25, -0.2) is 0 Å². The lowest BCUT2D eigenvalue weighted by Crippen LogP contribution is -2.36. The fourth-order valence-electron chi connectivity index (χ4n) is 1.72. The van der Waals surface area contributed by atoms with E-state index >= 15 is 0 Å². The van der Waals surface area contributed by atoms with Gasteiger partial charge in [0.2, 0.25) is 0 Å². The summed E-state index contributed by atoms with van der Waals surface area (Å²) in [6.45, 7) is 4.41. The molecule has 1 aromatic rings. The largest absolute Gasteiger partial charge is 0.393 e. The minimum atomic E-state index is -0.294. The Morgan fingerprint density at radius 1 is 1.47 bits per heavy atom. The fraction of sp³-hybridized carbons (Fsp3) is 0.636. The molecule has 0 aliphatic heterocycles. The van der Waals surface area contributed by atoms with E-state index in [2.05, 4.69) is 50.2 Å². The number of halogens is 2. The second kappa shape index (κ2) is 7.21. The van der Waals surface area contributed by atoms with Crippen LogP contribution in [-0.2, 0) is 0 Å². The maximum absolute atomic E-state index is 9.34. The average molecular weight is 386 g/mol. The van der Waals surface area contributed by atoms with Crippen molar-refractivity contribution in [2.24, 2.45) is 5.73 Å². The summed E-state index contributed by atoms with van der Waals surface area (Å²) in [7, 11) is 0. The molecule has 0 amide bonds. The minimum Gasteiger partial charge on any atom is -0.393 e. The molecule has 1 rings (SSSR count). The van der Waals surface area contributed by atoms with Crippen molar-refractivity contribution in [3.8, 4) is 0 Å². The molecule has 3 atom stereocenters. The third-order valence-electron chi connectivity index (χ3n) is 2.42. The van der Waals surface area contributed by atoms with Crippen LogP contribution in [0.3, 0.4) is 0 Å². The van der Waals surface area contributed by atoms with Crippen LogP contribution in [0, 0.1) is 0 Å². The summed E-state index contributed by atoms with van der Waals surface area (Å²) in [6.07, 6.45) is 0.433. The van der Waals surface area contributed by atoms with E-state index < -0.39 is 0 Å². The molecule has 0 aliphatic rings. The van der Waals surface area contributed by atoms with Gasteiger partial charge in [-0.3, -0.25) is 0 Å². The highest BCUT2D eigenvalue weighted by Gasteiger charge is 2.17. The Balaban J connectivity index is 2.65. The summed E-state index contributed by atoms with van der Waals surface area (Å²) in [5.41, 5.74) is 5.79. The number of aliphatic hydroxyl groups excluding tert-OH is 1. The summed E-state index contributed by atoms with van der Waals surface area (Å²) in [6, 6.07) is 2.45. The van der Waals surface area contributed by atoms with Crippen molar-refractivity contribution in [2.75, 3.05) is 6.54 Å². The van der Waals surface area contributed by atoms with Gasteiger partial charge in [0.25, 0.3) is 0 Å². The summed E-state index contributed by atoms with van der Waals surface area (Å²) in [5, 5.41) is 12.8. The van der Waals surface area contributed by atoms with Crippen LogP contribution < -0.4 is 11.1 Å². The van der Waals surface area contributed by atoms with Gasteiger partial charge < -0.3 is 16.2 Å². The van der Waals surface area contributed by atoms with Crippen LogP contribution in [-0.4, -0.2) is 23.8 Å². The van der Waals surface area contributed by atoms with Crippen LogP contribution in [0.1, 0.15) is 31.2 Å². The third-order valence-corrected chi connectivity index (χ3v) is 5.79. The molecule has 1 heterocycles. The Bertz CT molecular complexity index is 338. The molecular weight excluding hydrogens is 368 g/mol. The molecular formula is C11H18Br2N2OS. The Morgan fingerprint density at radius 3 is 2.53 bits per heavy atom. The monoisotopic (exact) mass is 384 g/mol. The molecule has 0 saturated heterocycles. The maximum atomic E-state index is 9.34.